The monoisotopic (exact) mass is 333 g/mol. The molecule has 122 valence electrons. The standard InChI is InChI=1S/C16H19N3O3S/c1-12-10-13(5-6-15(12)19-8-3-7-17-19)16(20)18-14-4-2-9-23(21,22)11-14/h3,5-8,10,14H,2,4,9,11H2,1H3,(H,18,20). The van der Waals surface area contributed by atoms with Gasteiger partial charge in [0.25, 0.3) is 5.91 Å². The van der Waals surface area contributed by atoms with Gasteiger partial charge < -0.3 is 5.32 Å². The molecule has 0 saturated carbocycles. The number of nitrogens with one attached hydrogen (secondary N) is 1. The number of amides is 1. The van der Waals surface area contributed by atoms with Crippen LogP contribution in [0.2, 0.25) is 0 Å². The molecule has 0 spiro atoms. The molecule has 23 heavy (non-hydrogen) atoms. The quantitative estimate of drug-likeness (QED) is 0.923. The van der Waals surface area contributed by atoms with E-state index in [0.717, 1.165) is 11.3 Å². The Kier molecular flexibility index (Phi) is 4.21. The smallest absolute Gasteiger partial charge is 0.251 e. The minimum absolute atomic E-state index is 0.0308. The van der Waals surface area contributed by atoms with Crippen LogP contribution >= 0.6 is 0 Å². The molecule has 1 fully saturated rings. The first-order valence-corrected chi connectivity index (χ1v) is 9.39. The molecule has 1 N–H and O–H groups in total. The minimum Gasteiger partial charge on any atom is -0.348 e. The van der Waals surface area contributed by atoms with E-state index in [1.807, 2.05) is 25.3 Å². The van der Waals surface area contributed by atoms with E-state index in [4.69, 9.17) is 0 Å². The maximum Gasteiger partial charge on any atom is 0.251 e. The third-order valence-corrected chi connectivity index (χ3v) is 5.83. The molecule has 1 atom stereocenters. The highest BCUT2D eigenvalue weighted by molar-refractivity contribution is 7.91. The van der Waals surface area contributed by atoms with Crippen molar-refractivity contribution in [3.8, 4) is 5.69 Å². The van der Waals surface area contributed by atoms with Crippen molar-refractivity contribution < 1.29 is 13.2 Å². The molecule has 7 heteroatoms. The minimum atomic E-state index is -3.03. The first-order valence-electron chi connectivity index (χ1n) is 7.56. The second kappa shape index (κ2) is 6.16. The maximum absolute atomic E-state index is 12.3. The van der Waals surface area contributed by atoms with Crippen LogP contribution in [-0.2, 0) is 9.84 Å². The lowest BCUT2D eigenvalue weighted by atomic mass is 10.1. The van der Waals surface area contributed by atoms with Crippen LogP contribution < -0.4 is 5.32 Å². The first-order chi connectivity index (χ1) is 10.9. The molecule has 1 saturated heterocycles. The molecular weight excluding hydrogens is 314 g/mol. The average molecular weight is 333 g/mol. The molecule has 2 aromatic rings. The predicted octanol–water partition coefficient (Wildman–Crippen LogP) is 1.49. The zero-order valence-electron chi connectivity index (χ0n) is 12.9. The highest BCUT2D eigenvalue weighted by Crippen LogP contribution is 2.16. The third kappa shape index (κ3) is 3.61. The van der Waals surface area contributed by atoms with Crippen LogP contribution in [0.1, 0.15) is 28.8 Å². The van der Waals surface area contributed by atoms with Gasteiger partial charge in [0.15, 0.2) is 9.84 Å². The van der Waals surface area contributed by atoms with E-state index in [9.17, 15) is 13.2 Å². The van der Waals surface area contributed by atoms with E-state index in [-0.39, 0.29) is 23.5 Å². The summed E-state index contributed by atoms with van der Waals surface area (Å²) in [5.41, 5.74) is 2.37. The van der Waals surface area contributed by atoms with E-state index in [0.29, 0.717) is 18.4 Å². The molecule has 1 aromatic carbocycles. The summed E-state index contributed by atoms with van der Waals surface area (Å²) in [5, 5.41) is 7.01. The zero-order valence-corrected chi connectivity index (χ0v) is 13.7. The summed E-state index contributed by atoms with van der Waals surface area (Å²) in [6, 6.07) is 6.91. The molecule has 3 rings (SSSR count). The number of aromatic nitrogens is 2. The number of sulfone groups is 1. The number of carbonyl (C=O) groups excluding carboxylic acids is 1. The van der Waals surface area contributed by atoms with Crippen molar-refractivity contribution in [1.29, 1.82) is 0 Å². The first kappa shape index (κ1) is 15.7. The number of nitrogens with zero attached hydrogens (tertiary/aromatic N) is 2. The zero-order chi connectivity index (χ0) is 16.4. The Balaban J connectivity index is 1.74. The number of carbonyl (C=O) groups is 1. The van der Waals surface area contributed by atoms with Gasteiger partial charge in [-0.2, -0.15) is 5.10 Å². The predicted molar refractivity (Wildman–Crippen MR) is 87.4 cm³/mol. The molecule has 1 unspecified atom stereocenters. The summed E-state index contributed by atoms with van der Waals surface area (Å²) in [7, 11) is -3.03. The Morgan fingerprint density at radius 2 is 2.22 bits per heavy atom. The average Bonchev–Trinajstić information content (AvgIpc) is 3.00. The van der Waals surface area contributed by atoms with Gasteiger partial charge >= 0.3 is 0 Å². The van der Waals surface area contributed by atoms with Gasteiger partial charge in [0.05, 0.1) is 17.2 Å². The molecule has 1 aliphatic heterocycles. The lowest BCUT2D eigenvalue weighted by molar-refractivity contribution is 0.0938. The SMILES string of the molecule is Cc1cc(C(=O)NC2CCCS(=O)(=O)C2)ccc1-n1cccn1. The fraction of sp³-hybridized carbons (Fsp3) is 0.375. The summed E-state index contributed by atoms with van der Waals surface area (Å²) >= 11 is 0. The summed E-state index contributed by atoms with van der Waals surface area (Å²) in [4.78, 5) is 12.3. The van der Waals surface area contributed by atoms with Gasteiger partial charge in [-0.3, -0.25) is 4.79 Å². The third-order valence-electron chi connectivity index (χ3n) is 4.01. The van der Waals surface area contributed by atoms with Crippen molar-refractivity contribution in [3.05, 3.63) is 47.8 Å². The fourth-order valence-corrected chi connectivity index (χ4v) is 4.51. The summed E-state index contributed by atoms with van der Waals surface area (Å²) < 4.78 is 25.0. The summed E-state index contributed by atoms with van der Waals surface area (Å²) in [5.74, 6) is 0.0161. The molecule has 1 aliphatic rings. The molecule has 2 heterocycles. The van der Waals surface area contributed by atoms with Crippen molar-refractivity contribution in [1.82, 2.24) is 15.1 Å². The maximum atomic E-state index is 12.3. The summed E-state index contributed by atoms with van der Waals surface area (Å²) in [6.07, 6.45) is 4.85. The molecule has 0 radical (unpaired) electrons. The van der Waals surface area contributed by atoms with Crippen molar-refractivity contribution in [2.24, 2.45) is 0 Å². The Morgan fingerprint density at radius 1 is 1.39 bits per heavy atom. The van der Waals surface area contributed by atoms with Gasteiger partial charge in [-0.1, -0.05) is 0 Å². The highest BCUT2D eigenvalue weighted by atomic mass is 32.2. The van der Waals surface area contributed by atoms with Gasteiger partial charge in [-0.05, 0) is 49.6 Å². The van der Waals surface area contributed by atoms with Crippen LogP contribution in [0.15, 0.2) is 36.7 Å². The molecular formula is C16H19N3O3S. The van der Waals surface area contributed by atoms with Crippen LogP contribution in [-0.4, -0.2) is 41.7 Å². The van der Waals surface area contributed by atoms with Crippen molar-refractivity contribution in [2.45, 2.75) is 25.8 Å². The largest absolute Gasteiger partial charge is 0.348 e. The highest BCUT2D eigenvalue weighted by Gasteiger charge is 2.26. The molecule has 1 aromatic heterocycles. The van der Waals surface area contributed by atoms with Gasteiger partial charge in [0, 0.05) is 24.0 Å². The number of hydrogen-bond acceptors (Lipinski definition) is 4. The second-order valence-corrected chi connectivity index (χ2v) is 8.11. The van der Waals surface area contributed by atoms with Crippen LogP contribution in [0, 0.1) is 6.92 Å². The Morgan fingerprint density at radius 3 is 2.87 bits per heavy atom. The summed E-state index contributed by atoms with van der Waals surface area (Å²) in [6.45, 7) is 1.92. The van der Waals surface area contributed by atoms with Crippen LogP contribution in [0.3, 0.4) is 0 Å². The Bertz CT molecular complexity index is 813. The fourth-order valence-electron chi connectivity index (χ4n) is 2.87. The number of rotatable bonds is 3. The topological polar surface area (TPSA) is 81.1 Å². The number of benzene rings is 1. The number of hydrogen-bond donors (Lipinski definition) is 1. The van der Waals surface area contributed by atoms with E-state index in [2.05, 4.69) is 10.4 Å². The van der Waals surface area contributed by atoms with Crippen LogP contribution in [0.5, 0.6) is 0 Å². The van der Waals surface area contributed by atoms with E-state index >= 15 is 0 Å². The van der Waals surface area contributed by atoms with Crippen LogP contribution in [0.4, 0.5) is 0 Å². The number of aryl methyl sites for hydroxylation is 1. The van der Waals surface area contributed by atoms with Gasteiger partial charge in [0.1, 0.15) is 0 Å². The Labute approximate surface area is 135 Å². The van der Waals surface area contributed by atoms with Gasteiger partial charge in [-0.15, -0.1) is 0 Å². The van der Waals surface area contributed by atoms with E-state index in [1.54, 1.807) is 23.0 Å². The normalized spacial score (nSPS) is 20.1. The van der Waals surface area contributed by atoms with Crippen molar-refractivity contribution >= 4 is 15.7 Å². The molecule has 1 amide bonds. The van der Waals surface area contributed by atoms with E-state index in [1.165, 1.54) is 0 Å². The lowest BCUT2D eigenvalue weighted by Gasteiger charge is -2.23. The van der Waals surface area contributed by atoms with Crippen molar-refractivity contribution in [3.63, 3.8) is 0 Å². The molecule has 0 aliphatic carbocycles. The second-order valence-electron chi connectivity index (χ2n) is 5.88. The lowest BCUT2D eigenvalue weighted by Crippen LogP contribution is -2.43. The van der Waals surface area contributed by atoms with E-state index < -0.39 is 9.84 Å². The van der Waals surface area contributed by atoms with Gasteiger partial charge in [-0.25, -0.2) is 13.1 Å². The molecule has 0 bridgehead atoms. The molecule has 6 nitrogen and oxygen atoms in total. The Hall–Kier alpha value is -2.15. The van der Waals surface area contributed by atoms with Crippen molar-refractivity contribution in [2.75, 3.05) is 11.5 Å². The van der Waals surface area contributed by atoms with Gasteiger partial charge in [0.2, 0.25) is 0 Å². The van der Waals surface area contributed by atoms with Crippen LogP contribution in [0.25, 0.3) is 5.69 Å².